The van der Waals surface area contributed by atoms with Crippen LogP contribution in [0, 0.1) is 6.92 Å². The molecule has 1 fully saturated rings. The number of carbonyl (C=O) groups excluding carboxylic acids is 3. The molecule has 6 nitrogen and oxygen atoms in total. The van der Waals surface area contributed by atoms with Gasteiger partial charge in [-0.3, -0.25) is 14.9 Å². The van der Waals surface area contributed by atoms with Gasteiger partial charge in [0.25, 0.3) is 11.8 Å². The number of amides is 4. The van der Waals surface area contributed by atoms with Crippen LogP contribution in [0.4, 0.5) is 10.5 Å². The zero-order valence-corrected chi connectivity index (χ0v) is 21.7. The molecule has 1 heterocycles. The van der Waals surface area contributed by atoms with Crippen LogP contribution >= 0.6 is 43.5 Å². The number of nitrogens with zero attached hydrogens (tertiary/aromatic N) is 1. The molecule has 0 aromatic heterocycles. The number of hydrogen-bond acceptors (Lipinski definition) is 4. The fourth-order valence-electron chi connectivity index (χ4n) is 3.34. The van der Waals surface area contributed by atoms with Crippen LogP contribution in [0.15, 0.2) is 75.2 Å². The number of carbonyl (C=O) groups is 3. The number of urea groups is 1. The maximum Gasteiger partial charge on any atom is 0.335 e. The van der Waals surface area contributed by atoms with Gasteiger partial charge in [-0.25, -0.2) is 9.69 Å². The Labute approximate surface area is 217 Å². The molecule has 4 rings (SSSR count). The van der Waals surface area contributed by atoms with Gasteiger partial charge in [-0.2, -0.15) is 0 Å². The van der Waals surface area contributed by atoms with Gasteiger partial charge in [0.05, 0.1) is 10.2 Å². The van der Waals surface area contributed by atoms with E-state index >= 15 is 0 Å². The molecule has 1 aliphatic rings. The fraction of sp³-hybridized carbons (Fsp3) is 0.0800. The Morgan fingerprint density at radius 3 is 2.50 bits per heavy atom. The minimum atomic E-state index is -0.792. The highest BCUT2D eigenvalue weighted by atomic mass is 79.9. The minimum Gasteiger partial charge on any atom is -0.488 e. The van der Waals surface area contributed by atoms with Gasteiger partial charge >= 0.3 is 6.03 Å². The summed E-state index contributed by atoms with van der Waals surface area (Å²) in [6.07, 6.45) is 1.44. The summed E-state index contributed by atoms with van der Waals surface area (Å²) in [5.74, 6) is -0.867. The van der Waals surface area contributed by atoms with Crippen LogP contribution < -0.4 is 15.0 Å². The van der Waals surface area contributed by atoms with Gasteiger partial charge in [-0.15, -0.1) is 0 Å². The molecule has 172 valence electrons. The average Bonchev–Trinajstić information content (AvgIpc) is 2.78. The van der Waals surface area contributed by atoms with Crippen LogP contribution in [0.5, 0.6) is 5.75 Å². The lowest BCUT2D eigenvalue weighted by molar-refractivity contribution is -0.122. The maximum atomic E-state index is 13.1. The molecule has 4 amide bonds. The Kier molecular flexibility index (Phi) is 7.21. The van der Waals surface area contributed by atoms with Crippen molar-refractivity contribution in [2.24, 2.45) is 0 Å². The number of anilines is 1. The normalized spacial score (nSPS) is 15.0. The topological polar surface area (TPSA) is 75.7 Å². The fourth-order valence-corrected chi connectivity index (χ4v) is 4.31. The highest BCUT2D eigenvalue weighted by molar-refractivity contribution is 9.10. The smallest absolute Gasteiger partial charge is 0.335 e. The van der Waals surface area contributed by atoms with E-state index in [1.54, 1.807) is 42.5 Å². The molecule has 0 atom stereocenters. The Morgan fingerprint density at radius 2 is 1.79 bits per heavy atom. The molecule has 0 radical (unpaired) electrons. The van der Waals surface area contributed by atoms with Gasteiger partial charge < -0.3 is 4.74 Å². The van der Waals surface area contributed by atoms with Crippen molar-refractivity contribution in [3.8, 4) is 5.75 Å². The number of halogens is 3. The first-order valence-electron chi connectivity index (χ1n) is 10.1. The van der Waals surface area contributed by atoms with Crippen molar-refractivity contribution < 1.29 is 19.1 Å². The summed E-state index contributed by atoms with van der Waals surface area (Å²) in [6, 6.07) is 16.8. The first-order valence-corrected chi connectivity index (χ1v) is 12.0. The van der Waals surface area contributed by atoms with Crippen molar-refractivity contribution in [1.82, 2.24) is 5.32 Å². The summed E-state index contributed by atoms with van der Waals surface area (Å²) in [7, 11) is 0. The van der Waals surface area contributed by atoms with E-state index in [1.807, 2.05) is 25.1 Å². The quantitative estimate of drug-likeness (QED) is 0.270. The first kappa shape index (κ1) is 24.2. The van der Waals surface area contributed by atoms with E-state index in [1.165, 1.54) is 6.08 Å². The molecular weight excluding hydrogens is 588 g/mol. The lowest BCUT2D eigenvalue weighted by atomic mass is 10.1. The molecule has 0 bridgehead atoms. The first-order chi connectivity index (χ1) is 16.2. The van der Waals surface area contributed by atoms with Crippen LogP contribution in [-0.4, -0.2) is 17.8 Å². The molecule has 1 N–H and O–H groups in total. The molecule has 1 saturated heterocycles. The molecule has 3 aromatic rings. The van der Waals surface area contributed by atoms with E-state index in [0.717, 1.165) is 20.5 Å². The maximum absolute atomic E-state index is 13.1. The lowest BCUT2D eigenvalue weighted by Crippen LogP contribution is -2.54. The van der Waals surface area contributed by atoms with Gasteiger partial charge in [0.1, 0.15) is 17.9 Å². The summed E-state index contributed by atoms with van der Waals surface area (Å²) in [5.41, 5.74) is 2.56. The van der Waals surface area contributed by atoms with E-state index in [-0.39, 0.29) is 5.57 Å². The third-order valence-electron chi connectivity index (χ3n) is 5.05. The summed E-state index contributed by atoms with van der Waals surface area (Å²) < 4.78 is 7.33. The molecule has 3 aromatic carbocycles. The Morgan fingerprint density at radius 1 is 1.00 bits per heavy atom. The number of benzene rings is 3. The van der Waals surface area contributed by atoms with E-state index in [2.05, 4.69) is 37.2 Å². The average molecular weight is 605 g/mol. The lowest BCUT2D eigenvalue weighted by Gasteiger charge is -2.26. The van der Waals surface area contributed by atoms with Gasteiger partial charge in [0, 0.05) is 9.50 Å². The number of barbiturate groups is 1. The molecular formula is C25H17Br2ClN2O4. The number of rotatable bonds is 5. The molecule has 0 saturated carbocycles. The van der Waals surface area contributed by atoms with Crippen molar-refractivity contribution in [3.05, 3.63) is 96.9 Å². The summed E-state index contributed by atoms with van der Waals surface area (Å²) in [5, 5.41) is 2.86. The largest absolute Gasteiger partial charge is 0.488 e. The van der Waals surface area contributed by atoms with Crippen LogP contribution in [0.2, 0.25) is 5.02 Å². The molecule has 0 spiro atoms. The zero-order chi connectivity index (χ0) is 24.4. The van der Waals surface area contributed by atoms with E-state index in [4.69, 9.17) is 16.3 Å². The minimum absolute atomic E-state index is 0.153. The van der Waals surface area contributed by atoms with E-state index < -0.39 is 17.8 Å². The predicted molar refractivity (Wildman–Crippen MR) is 138 cm³/mol. The second-order valence-corrected chi connectivity index (χ2v) is 9.64. The molecule has 0 aliphatic carbocycles. The monoisotopic (exact) mass is 602 g/mol. The summed E-state index contributed by atoms with van der Waals surface area (Å²) in [4.78, 5) is 38.9. The highest BCUT2D eigenvalue weighted by Crippen LogP contribution is 2.30. The Balaban J connectivity index is 1.57. The van der Waals surface area contributed by atoms with Crippen LogP contribution in [0.25, 0.3) is 6.08 Å². The van der Waals surface area contributed by atoms with Gasteiger partial charge in [0.2, 0.25) is 0 Å². The number of imide groups is 2. The highest BCUT2D eigenvalue weighted by Gasteiger charge is 2.36. The Bertz CT molecular complexity index is 1360. The number of nitrogens with one attached hydrogen (secondary N) is 1. The van der Waals surface area contributed by atoms with E-state index in [0.29, 0.717) is 33.1 Å². The summed E-state index contributed by atoms with van der Waals surface area (Å²) in [6.45, 7) is 2.17. The van der Waals surface area contributed by atoms with Crippen molar-refractivity contribution in [3.63, 3.8) is 0 Å². The molecule has 9 heteroatoms. The van der Waals surface area contributed by atoms with Crippen LogP contribution in [-0.2, 0) is 16.2 Å². The zero-order valence-electron chi connectivity index (χ0n) is 17.8. The number of aryl methyl sites for hydroxylation is 1. The van der Waals surface area contributed by atoms with Gasteiger partial charge in [0.15, 0.2) is 0 Å². The van der Waals surface area contributed by atoms with Gasteiger partial charge in [-0.05, 0) is 88.1 Å². The van der Waals surface area contributed by atoms with Crippen molar-refractivity contribution >= 4 is 73.1 Å². The van der Waals surface area contributed by atoms with Crippen molar-refractivity contribution in [1.29, 1.82) is 0 Å². The van der Waals surface area contributed by atoms with Gasteiger partial charge in [-0.1, -0.05) is 45.7 Å². The van der Waals surface area contributed by atoms with Crippen molar-refractivity contribution in [2.75, 3.05) is 4.90 Å². The van der Waals surface area contributed by atoms with E-state index in [9.17, 15) is 14.4 Å². The van der Waals surface area contributed by atoms with Crippen molar-refractivity contribution in [2.45, 2.75) is 13.5 Å². The predicted octanol–water partition coefficient (Wildman–Crippen LogP) is 6.42. The second kappa shape index (κ2) is 10.1. The third kappa shape index (κ3) is 5.24. The summed E-state index contributed by atoms with van der Waals surface area (Å²) >= 11 is 12.9. The third-order valence-corrected chi connectivity index (χ3v) is 6.80. The number of ether oxygens (including phenoxy) is 1. The number of hydrogen-bond donors (Lipinski definition) is 1. The van der Waals surface area contributed by atoms with Crippen LogP contribution in [0.1, 0.15) is 16.7 Å². The van der Waals surface area contributed by atoms with Crippen LogP contribution in [0.3, 0.4) is 0 Å². The standard InChI is InChI=1S/C25H17Br2ClN2O4/c1-14-9-18(6-7-20(14)26)30-24(32)19(23(31)29-25(30)33)11-15-5-8-22(21(27)12-15)34-13-16-3-2-4-17(28)10-16/h2-12H,13H2,1H3,(H,29,31,33)/b19-11-. The molecule has 0 unspecified atom stereocenters. The molecule has 34 heavy (non-hydrogen) atoms. The second-order valence-electron chi connectivity index (χ2n) is 7.50. The Hall–Kier alpha value is -2.94. The molecule has 1 aliphatic heterocycles. The SMILES string of the molecule is Cc1cc(N2C(=O)NC(=O)/C(=C/c3ccc(OCc4cccc(Cl)c4)c(Br)c3)C2=O)ccc1Br.